The van der Waals surface area contributed by atoms with E-state index in [-0.39, 0.29) is 29.7 Å². The first-order valence-corrected chi connectivity index (χ1v) is 15.9. The molecule has 2 N–H and O–H groups in total. The summed E-state index contributed by atoms with van der Waals surface area (Å²) in [7, 11) is -3.55. The molecule has 0 radical (unpaired) electrons. The van der Waals surface area contributed by atoms with Crippen LogP contribution in [-0.2, 0) is 39.0 Å². The van der Waals surface area contributed by atoms with E-state index in [1.165, 1.54) is 0 Å². The van der Waals surface area contributed by atoms with Crippen LogP contribution in [0.5, 0.6) is 0 Å². The van der Waals surface area contributed by atoms with Crippen molar-refractivity contribution in [3.63, 3.8) is 0 Å². The number of sulfonamides is 1. The highest BCUT2D eigenvalue weighted by Crippen LogP contribution is 2.19. The fourth-order valence-corrected chi connectivity index (χ4v) is 5.61. The zero-order valence-electron chi connectivity index (χ0n) is 24.0. The van der Waals surface area contributed by atoms with E-state index >= 15 is 0 Å². The number of nitrogens with one attached hydrogen (secondary N) is 2. The maximum absolute atomic E-state index is 13.8. The lowest BCUT2D eigenvalue weighted by molar-refractivity contribution is -0.141. The number of amides is 2. The van der Waals surface area contributed by atoms with Crippen molar-refractivity contribution >= 4 is 33.4 Å². The first-order valence-electron chi connectivity index (χ1n) is 14.0. The zero-order valence-corrected chi connectivity index (χ0v) is 25.5. The Morgan fingerprint density at radius 2 is 1.51 bits per heavy atom. The van der Waals surface area contributed by atoms with Crippen LogP contribution in [0.25, 0.3) is 0 Å². The molecule has 0 heterocycles. The average molecular weight is 598 g/mol. The molecule has 2 amide bonds. The third kappa shape index (κ3) is 10.3. The van der Waals surface area contributed by atoms with Crippen molar-refractivity contribution in [1.82, 2.24) is 14.9 Å². The van der Waals surface area contributed by atoms with Crippen LogP contribution in [0.4, 0.5) is 0 Å². The normalized spacial score (nSPS) is 12.2. The van der Waals surface area contributed by atoms with Crippen LogP contribution in [0.15, 0.2) is 83.8 Å². The molecule has 3 rings (SSSR count). The lowest BCUT2D eigenvalue weighted by Gasteiger charge is -2.32. The standard InChI is InChI=1S/C32H40ClN3O4S/c1-4-35-41(39,40)29-17-12-25(13-18-29)14-19-31(37)36(23-27-10-15-28(33)16-11-27)30(22-26-8-6-5-7-9-26)32(38)34-21-20-24(2)3/h5-13,15-18,24,30,35H,4,14,19-23H2,1-3H3,(H,34,38)/t30-/m0/s1. The molecule has 9 heteroatoms. The molecule has 0 fully saturated rings. The molecule has 0 aliphatic rings. The van der Waals surface area contributed by atoms with Gasteiger partial charge in [-0.25, -0.2) is 13.1 Å². The van der Waals surface area contributed by atoms with Crippen LogP contribution in [-0.4, -0.2) is 44.3 Å². The van der Waals surface area contributed by atoms with Crippen molar-refractivity contribution in [3.8, 4) is 0 Å². The highest BCUT2D eigenvalue weighted by Gasteiger charge is 2.30. The van der Waals surface area contributed by atoms with Crippen molar-refractivity contribution in [1.29, 1.82) is 0 Å². The molecule has 7 nitrogen and oxygen atoms in total. The molecule has 0 bridgehead atoms. The fourth-order valence-electron chi connectivity index (χ4n) is 4.45. The van der Waals surface area contributed by atoms with Gasteiger partial charge in [-0.15, -0.1) is 0 Å². The smallest absolute Gasteiger partial charge is 0.243 e. The van der Waals surface area contributed by atoms with E-state index < -0.39 is 16.1 Å². The van der Waals surface area contributed by atoms with Gasteiger partial charge in [0.2, 0.25) is 21.8 Å². The predicted octanol–water partition coefficient (Wildman–Crippen LogP) is 5.37. The molecule has 0 aliphatic carbocycles. The molecular formula is C32H40ClN3O4S. The molecule has 41 heavy (non-hydrogen) atoms. The van der Waals surface area contributed by atoms with Gasteiger partial charge >= 0.3 is 0 Å². The maximum atomic E-state index is 13.8. The molecule has 1 atom stereocenters. The second-order valence-electron chi connectivity index (χ2n) is 10.5. The van der Waals surface area contributed by atoms with Crippen LogP contribution in [0, 0.1) is 5.92 Å². The predicted molar refractivity (Wildman–Crippen MR) is 164 cm³/mol. The Kier molecular flexibility index (Phi) is 12.4. The minimum atomic E-state index is -3.55. The van der Waals surface area contributed by atoms with E-state index in [2.05, 4.69) is 23.9 Å². The maximum Gasteiger partial charge on any atom is 0.243 e. The lowest BCUT2D eigenvalue weighted by Crippen LogP contribution is -2.50. The molecule has 0 saturated carbocycles. The Bertz CT molecular complexity index is 1360. The van der Waals surface area contributed by atoms with Gasteiger partial charge in [-0.05, 0) is 59.7 Å². The third-order valence-corrected chi connectivity index (χ3v) is 8.57. The molecule has 0 aliphatic heterocycles. The second kappa shape index (κ2) is 15.7. The minimum Gasteiger partial charge on any atom is -0.354 e. The van der Waals surface area contributed by atoms with E-state index in [0.717, 1.165) is 23.1 Å². The van der Waals surface area contributed by atoms with Gasteiger partial charge in [-0.2, -0.15) is 0 Å². The Hall–Kier alpha value is -3.20. The monoisotopic (exact) mass is 597 g/mol. The number of carbonyl (C=O) groups is 2. The molecule has 0 unspecified atom stereocenters. The van der Waals surface area contributed by atoms with E-state index in [1.807, 2.05) is 42.5 Å². The first kappa shape index (κ1) is 32.3. The number of hydrogen-bond acceptors (Lipinski definition) is 4. The number of aryl methyl sites for hydroxylation is 1. The van der Waals surface area contributed by atoms with Crippen molar-refractivity contribution in [2.24, 2.45) is 5.92 Å². The Labute approximate surface area is 249 Å². The SMILES string of the molecule is CCNS(=O)(=O)c1ccc(CCC(=O)N(Cc2ccc(Cl)cc2)[C@@H](Cc2ccccc2)C(=O)NCCC(C)C)cc1. The van der Waals surface area contributed by atoms with E-state index in [4.69, 9.17) is 11.6 Å². The summed E-state index contributed by atoms with van der Waals surface area (Å²) in [6, 6.07) is 22.8. The summed E-state index contributed by atoms with van der Waals surface area (Å²) in [5, 5.41) is 3.65. The van der Waals surface area contributed by atoms with Gasteiger partial charge in [0.25, 0.3) is 0 Å². The van der Waals surface area contributed by atoms with E-state index in [9.17, 15) is 18.0 Å². The molecule has 3 aromatic carbocycles. The summed E-state index contributed by atoms with van der Waals surface area (Å²) in [6.45, 7) is 7.02. The van der Waals surface area contributed by atoms with Gasteiger partial charge in [0.1, 0.15) is 6.04 Å². The van der Waals surface area contributed by atoms with E-state index in [0.29, 0.717) is 36.9 Å². The topological polar surface area (TPSA) is 95.6 Å². The summed E-state index contributed by atoms with van der Waals surface area (Å²) < 4.78 is 27.0. The number of hydrogen-bond donors (Lipinski definition) is 2. The van der Waals surface area contributed by atoms with Gasteiger partial charge in [-0.1, -0.05) is 87.0 Å². The fraction of sp³-hybridized carbons (Fsp3) is 0.375. The van der Waals surface area contributed by atoms with Crippen LogP contribution in [0.2, 0.25) is 5.02 Å². The molecule has 220 valence electrons. The Balaban J connectivity index is 1.85. The van der Waals surface area contributed by atoms with Crippen molar-refractivity contribution in [2.75, 3.05) is 13.1 Å². The Morgan fingerprint density at radius 1 is 0.878 bits per heavy atom. The summed E-state index contributed by atoms with van der Waals surface area (Å²) in [5.74, 6) is 0.0906. The van der Waals surface area contributed by atoms with Crippen molar-refractivity contribution in [3.05, 3.63) is 101 Å². The minimum absolute atomic E-state index is 0.163. The number of benzene rings is 3. The summed E-state index contributed by atoms with van der Waals surface area (Å²) in [5.41, 5.74) is 2.66. The number of carbonyl (C=O) groups excluding carboxylic acids is 2. The van der Waals surface area contributed by atoms with Crippen LogP contribution >= 0.6 is 11.6 Å². The van der Waals surface area contributed by atoms with Crippen LogP contribution in [0.3, 0.4) is 0 Å². The highest BCUT2D eigenvalue weighted by atomic mass is 35.5. The van der Waals surface area contributed by atoms with E-state index in [1.54, 1.807) is 48.2 Å². The lowest BCUT2D eigenvalue weighted by atomic mass is 10.0. The Morgan fingerprint density at radius 3 is 2.12 bits per heavy atom. The molecule has 0 saturated heterocycles. The van der Waals surface area contributed by atoms with Crippen molar-refractivity contribution in [2.45, 2.75) is 63.9 Å². The third-order valence-electron chi connectivity index (χ3n) is 6.75. The van der Waals surface area contributed by atoms with Crippen LogP contribution in [0.1, 0.15) is 50.3 Å². The van der Waals surface area contributed by atoms with Gasteiger partial charge < -0.3 is 10.2 Å². The molecule has 3 aromatic rings. The van der Waals surface area contributed by atoms with Gasteiger partial charge in [0, 0.05) is 37.5 Å². The van der Waals surface area contributed by atoms with Crippen LogP contribution < -0.4 is 10.0 Å². The number of halogens is 1. The largest absolute Gasteiger partial charge is 0.354 e. The summed E-state index contributed by atoms with van der Waals surface area (Å²) in [4.78, 5) is 29.3. The summed E-state index contributed by atoms with van der Waals surface area (Å²) in [6.07, 6.45) is 1.79. The molecule has 0 spiro atoms. The average Bonchev–Trinajstić information content (AvgIpc) is 2.95. The van der Waals surface area contributed by atoms with Gasteiger partial charge in [0.05, 0.1) is 4.90 Å². The molecular weight excluding hydrogens is 558 g/mol. The zero-order chi connectivity index (χ0) is 29.8. The van der Waals surface area contributed by atoms with Gasteiger partial charge in [-0.3, -0.25) is 9.59 Å². The quantitative estimate of drug-likeness (QED) is 0.246. The second-order valence-corrected chi connectivity index (χ2v) is 12.7. The molecule has 0 aromatic heterocycles. The highest BCUT2D eigenvalue weighted by molar-refractivity contribution is 7.89. The first-order chi connectivity index (χ1) is 19.6. The van der Waals surface area contributed by atoms with Gasteiger partial charge in [0.15, 0.2) is 0 Å². The summed E-state index contributed by atoms with van der Waals surface area (Å²) >= 11 is 6.10. The number of rotatable bonds is 15. The number of nitrogens with zero attached hydrogens (tertiary/aromatic N) is 1. The van der Waals surface area contributed by atoms with Crippen molar-refractivity contribution < 1.29 is 18.0 Å².